The fourth-order valence-corrected chi connectivity index (χ4v) is 6.66. The summed E-state index contributed by atoms with van der Waals surface area (Å²) in [5, 5.41) is 11.3. The third-order valence-corrected chi connectivity index (χ3v) is 8.57. The number of aliphatic hydroxyl groups is 1. The first-order valence-corrected chi connectivity index (χ1v) is 9.56. The molecular formula is C21H34O3. The summed E-state index contributed by atoms with van der Waals surface area (Å²) in [6.07, 6.45) is 6.08. The number of carbonyl (C=O) groups excluding carboxylic acids is 1. The molecule has 24 heavy (non-hydrogen) atoms. The maximum absolute atomic E-state index is 13.4. The molecule has 3 nitrogen and oxygen atoms in total. The van der Waals surface area contributed by atoms with Crippen LogP contribution in [0.4, 0.5) is 0 Å². The van der Waals surface area contributed by atoms with Crippen molar-refractivity contribution in [3.05, 3.63) is 12.7 Å². The van der Waals surface area contributed by atoms with Gasteiger partial charge in [0.15, 0.2) is 0 Å². The number of Topliss-reactive ketones (excluding diaryl/α,β-unsaturated/α-hetero) is 1. The summed E-state index contributed by atoms with van der Waals surface area (Å²) in [5.74, 6) is 0.929. The van der Waals surface area contributed by atoms with Gasteiger partial charge in [0.25, 0.3) is 0 Å². The number of aliphatic hydroxyl groups excluding tert-OH is 1. The minimum Gasteiger partial charge on any atom is -0.392 e. The lowest BCUT2D eigenvalue weighted by atomic mass is 9.44. The Balaban J connectivity index is 2.21. The third kappa shape index (κ3) is 2.07. The highest BCUT2D eigenvalue weighted by Crippen LogP contribution is 2.68. The number of hydrogen-bond acceptors (Lipinski definition) is 3. The Kier molecular flexibility index (Phi) is 4.28. The van der Waals surface area contributed by atoms with E-state index in [2.05, 4.69) is 27.4 Å². The second kappa shape index (κ2) is 5.67. The Bertz CT molecular complexity index is 543. The fraction of sp³-hybridized carbons (Fsp3) is 0.857. The quantitative estimate of drug-likeness (QED) is 0.777. The van der Waals surface area contributed by atoms with Gasteiger partial charge in [-0.3, -0.25) is 4.79 Å². The van der Waals surface area contributed by atoms with Crippen molar-refractivity contribution >= 4 is 5.78 Å². The van der Waals surface area contributed by atoms with Gasteiger partial charge in [0.1, 0.15) is 5.78 Å². The fourth-order valence-electron chi connectivity index (χ4n) is 6.66. The van der Waals surface area contributed by atoms with Crippen molar-refractivity contribution in [3.8, 4) is 0 Å². The van der Waals surface area contributed by atoms with Crippen molar-refractivity contribution in [3.63, 3.8) is 0 Å². The Morgan fingerprint density at radius 2 is 1.88 bits per heavy atom. The van der Waals surface area contributed by atoms with E-state index in [1.807, 2.05) is 6.92 Å². The minimum atomic E-state index is -0.639. The molecular weight excluding hydrogens is 300 g/mol. The summed E-state index contributed by atoms with van der Waals surface area (Å²) < 4.78 is 5.89. The number of allylic oxidation sites excluding steroid dienone is 1. The van der Waals surface area contributed by atoms with Gasteiger partial charge >= 0.3 is 0 Å². The Morgan fingerprint density at radius 1 is 1.25 bits per heavy atom. The van der Waals surface area contributed by atoms with Crippen molar-refractivity contribution in [2.24, 2.45) is 34.0 Å². The lowest BCUT2D eigenvalue weighted by molar-refractivity contribution is -0.188. The smallest absolute Gasteiger partial charge is 0.145 e. The zero-order valence-corrected chi connectivity index (χ0v) is 16.0. The molecule has 3 saturated carbocycles. The average Bonchev–Trinajstić information content (AvgIpc) is 2.96. The molecule has 2 bridgehead atoms. The molecule has 0 amide bonds. The molecule has 0 heterocycles. The van der Waals surface area contributed by atoms with Gasteiger partial charge in [-0.25, -0.2) is 0 Å². The van der Waals surface area contributed by atoms with Crippen LogP contribution in [0.3, 0.4) is 0 Å². The number of rotatable bonds is 2. The van der Waals surface area contributed by atoms with Gasteiger partial charge in [-0.15, -0.1) is 6.58 Å². The molecule has 0 aliphatic heterocycles. The largest absolute Gasteiger partial charge is 0.392 e. The van der Waals surface area contributed by atoms with Crippen LogP contribution in [0.15, 0.2) is 12.7 Å². The summed E-state index contributed by atoms with van der Waals surface area (Å²) in [6, 6.07) is 0. The van der Waals surface area contributed by atoms with Crippen molar-refractivity contribution in [1.82, 2.24) is 0 Å². The molecule has 8 atom stereocenters. The topological polar surface area (TPSA) is 46.5 Å². The molecule has 2 unspecified atom stereocenters. The van der Waals surface area contributed by atoms with E-state index < -0.39 is 11.5 Å². The molecule has 3 heteroatoms. The summed E-state index contributed by atoms with van der Waals surface area (Å²) in [5.41, 5.74) is -0.889. The van der Waals surface area contributed by atoms with E-state index in [-0.39, 0.29) is 34.6 Å². The van der Waals surface area contributed by atoms with E-state index in [9.17, 15) is 9.90 Å². The van der Waals surface area contributed by atoms with Crippen molar-refractivity contribution < 1.29 is 14.6 Å². The monoisotopic (exact) mass is 334 g/mol. The Hall–Kier alpha value is -0.670. The highest BCUT2D eigenvalue weighted by atomic mass is 16.5. The van der Waals surface area contributed by atoms with Gasteiger partial charge in [-0.05, 0) is 56.3 Å². The van der Waals surface area contributed by atoms with Gasteiger partial charge in [-0.1, -0.05) is 26.8 Å². The molecule has 0 aromatic heterocycles. The average molecular weight is 334 g/mol. The molecule has 0 aromatic carbocycles. The lowest BCUT2D eigenvalue weighted by Crippen LogP contribution is -2.62. The van der Waals surface area contributed by atoms with Gasteiger partial charge in [-0.2, -0.15) is 0 Å². The first-order valence-electron chi connectivity index (χ1n) is 9.56. The first kappa shape index (κ1) is 18.1. The highest BCUT2D eigenvalue weighted by molar-refractivity contribution is 5.89. The van der Waals surface area contributed by atoms with Crippen LogP contribution in [0.5, 0.6) is 0 Å². The number of hydrogen-bond donors (Lipinski definition) is 1. The zero-order valence-electron chi connectivity index (χ0n) is 16.0. The Morgan fingerprint density at radius 3 is 2.46 bits per heavy atom. The van der Waals surface area contributed by atoms with E-state index in [1.165, 1.54) is 0 Å². The summed E-state index contributed by atoms with van der Waals surface area (Å²) >= 11 is 0. The zero-order chi connectivity index (χ0) is 17.9. The molecule has 3 fully saturated rings. The van der Waals surface area contributed by atoms with Crippen LogP contribution in [-0.2, 0) is 9.53 Å². The molecule has 3 rings (SSSR count). The van der Waals surface area contributed by atoms with E-state index in [1.54, 1.807) is 13.2 Å². The van der Waals surface area contributed by atoms with Crippen LogP contribution in [0.2, 0.25) is 0 Å². The predicted octanol–water partition coefficient (Wildman–Crippen LogP) is 4.00. The molecule has 1 N–H and O–H groups in total. The number of methoxy groups -OCH3 is 1. The predicted molar refractivity (Wildman–Crippen MR) is 95.6 cm³/mol. The van der Waals surface area contributed by atoms with Crippen LogP contribution in [0, 0.1) is 34.0 Å². The summed E-state index contributed by atoms with van der Waals surface area (Å²) in [7, 11) is 1.79. The van der Waals surface area contributed by atoms with Gasteiger partial charge in [0.2, 0.25) is 0 Å². The van der Waals surface area contributed by atoms with E-state index >= 15 is 0 Å². The van der Waals surface area contributed by atoms with Crippen LogP contribution >= 0.6 is 0 Å². The van der Waals surface area contributed by atoms with E-state index in [0.717, 1.165) is 25.7 Å². The lowest BCUT2D eigenvalue weighted by Gasteiger charge is -2.61. The molecule has 0 aromatic rings. The third-order valence-electron chi connectivity index (χ3n) is 8.57. The van der Waals surface area contributed by atoms with Gasteiger partial charge in [0.05, 0.1) is 12.2 Å². The number of carbonyl (C=O) groups is 1. The molecule has 0 spiro atoms. The second-order valence-electron chi connectivity index (χ2n) is 9.26. The normalized spacial score (nSPS) is 54.8. The van der Waals surface area contributed by atoms with Crippen LogP contribution in [0.25, 0.3) is 0 Å². The van der Waals surface area contributed by atoms with Gasteiger partial charge < -0.3 is 9.84 Å². The molecule has 0 radical (unpaired) electrons. The maximum atomic E-state index is 13.4. The summed E-state index contributed by atoms with van der Waals surface area (Å²) in [6.45, 7) is 12.6. The highest BCUT2D eigenvalue weighted by Gasteiger charge is 2.67. The van der Waals surface area contributed by atoms with Crippen molar-refractivity contribution in [1.29, 1.82) is 0 Å². The molecule has 136 valence electrons. The summed E-state index contributed by atoms with van der Waals surface area (Å²) in [4.78, 5) is 13.4. The minimum absolute atomic E-state index is 0.00928. The van der Waals surface area contributed by atoms with Crippen molar-refractivity contribution in [2.75, 3.05) is 7.11 Å². The second-order valence-corrected chi connectivity index (χ2v) is 9.26. The van der Waals surface area contributed by atoms with E-state index in [0.29, 0.717) is 12.3 Å². The first-order chi connectivity index (χ1) is 11.2. The SMILES string of the molecule is C=C[C@]1(C)C[C@@H](O)[C@@]2(C)C3C(OC)CC[C@@]3(CC[C@H]2C)[C@@H](C)C1=O. The van der Waals surface area contributed by atoms with Crippen molar-refractivity contribution in [2.45, 2.75) is 72.0 Å². The Labute approximate surface area is 146 Å². The molecule has 3 aliphatic carbocycles. The van der Waals surface area contributed by atoms with Gasteiger partial charge in [0, 0.05) is 23.9 Å². The van der Waals surface area contributed by atoms with E-state index in [4.69, 9.17) is 4.74 Å². The van der Waals surface area contributed by atoms with Crippen LogP contribution < -0.4 is 0 Å². The van der Waals surface area contributed by atoms with Crippen LogP contribution in [0.1, 0.15) is 59.8 Å². The maximum Gasteiger partial charge on any atom is 0.145 e. The molecule has 0 saturated heterocycles. The number of ketones is 1. The van der Waals surface area contributed by atoms with Crippen LogP contribution in [-0.4, -0.2) is 30.2 Å². The molecule has 3 aliphatic rings. The standard InChI is InChI=1S/C21H34O3/c1-7-19(4)12-16(22)20(5)13(2)8-10-21(14(3)18(19)23)11-9-15(24-6)17(20)21/h7,13-17,22H,1,8-12H2,2-6H3/t13-,14+,15?,16-,17?,19-,20+,21+/m1/s1. The number of ether oxygens (including phenoxy) is 1.